The molecule has 1 aromatic carbocycles. The molecule has 8 heteroatoms. The first kappa shape index (κ1) is 15.7. The van der Waals surface area contributed by atoms with Crippen molar-refractivity contribution in [3.8, 4) is 10.6 Å². The molecule has 2 heterocycles. The van der Waals surface area contributed by atoms with Crippen LogP contribution in [0.3, 0.4) is 0 Å². The topological polar surface area (TPSA) is 71.1 Å². The molecule has 5 nitrogen and oxygen atoms in total. The van der Waals surface area contributed by atoms with Crippen LogP contribution in [0, 0.1) is 0 Å². The predicted molar refractivity (Wildman–Crippen MR) is 91.8 cm³/mol. The number of benzene rings is 1. The Balaban J connectivity index is 1.64. The standard InChI is InChI=1S/C15H10ClN3O2S2/c16-11-4-2-1-3-10(11)13(20)18-19-14(21)12-8-23-15(17-12)9-5-6-22-7-9/h1-8H,(H,18,20)(H,19,21). The van der Waals surface area contributed by atoms with Crippen LogP contribution in [-0.4, -0.2) is 16.8 Å². The van der Waals surface area contributed by atoms with E-state index in [2.05, 4.69) is 15.8 Å². The molecule has 0 bridgehead atoms. The van der Waals surface area contributed by atoms with Gasteiger partial charge in [-0.25, -0.2) is 4.98 Å². The third kappa shape index (κ3) is 3.58. The monoisotopic (exact) mass is 363 g/mol. The van der Waals surface area contributed by atoms with Gasteiger partial charge in [0.15, 0.2) is 0 Å². The molecule has 0 atom stereocenters. The van der Waals surface area contributed by atoms with Crippen molar-refractivity contribution in [1.82, 2.24) is 15.8 Å². The Morgan fingerprint density at radius 2 is 1.83 bits per heavy atom. The third-order valence-electron chi connectivity index (χ3n) is 2.91. The number of hydrogen-bond donors (Lipinski definition) is 2. The molecule has 2 N–H and O–H groups in total. The fourth-order valence-electron chi connectivity index (χ4n) is 1.79. The lowest BCUT2D eigenvalue weighted by molar-refractivity contribution is 0.0844. The van der Waals surface area contributed by atoms with Crippen LogP contribution in [0.25, 0.3) is 10.6 Å². The number of nitrogens with one attached hydrogen (secondary N) is 2. The van der Waals surface area contributed by atoms with Crippen LogP contribution in [0.2, 0.25) is 5.02 Å². The maximum Gasteiger partial charge on any atom is 0.289 e. The summed E-state index contributed by atoms with van der Waals surface area (Å²) in [6, 6.07) is 8.52. The zero-order valence-corrected chi connectivity index (χ0v) is 14.0. The Labute approximate surface area is 144 Å². The van der Waals surface area contributed by atoms with Crippen molar-refractivity contribution in [3.63, 3.8) is 0 Å². The molecule has 0 saturated heterocycles. The Kier molecular flexibility index (Phi) is 4.71. The third-order valence-corrected chi connectivity index (χ3v) is 4.82. The second-order valence-electron chi connectivity index (χ2n) is 4.44. The Hall–Kier alpha value is -2.22. The molecule has 3 rings (SSSR count). The first-order valence-corrected chi connectivity index (χ1v) is 8.68. The SMILES string of the molecule is O=C(NNC(=O)c1ccccc1Cl)c1csc(-c2ccsc2)n1. The summed E-state index contributed by atoms with van der Waals surface area (Å²) in [5, 5.41) is 6.62. The maximum absolute atomic E-state index is 12.0. The van der Waals surface area contributed by atoms with Crippen molar-refractivity contribution >= 4 is 46.1 Å². The minimum absolute atomic E-state index is 0.246. The molecule has 3 aromatic rings. The molecule has 0 saturated carbocycles. The van der Waals surface area contributed by atoms with Gasteiger partial charge in [-0.15, -0.1) is 11.3 Å². The molecule has 0 spiro atoms. The fraction of sp³-hybridized carbons (Fsp3) is 0. The van der Waals surface area contributed by atoms with E-state index in [1.807, 2.05) is 16.8 Å². The minimum Gasteiger partial charge on any atom is -0.267 e. The summed E-state index contributed by atoms with van der Waals surface area (Å²) in [4.78, 5) is 28.3. The quantitative estimate of drug-likeness (QED) is 0.698. The van der Waals surface area contributed by atoms with Gasteiger partial charge >= 0.3 is 0 Å². The van der Waals surface area contributed by atoms with Crippen LogP contribution in [0.15, 0.2) is 46.5 Å². The molecular weight excluding hydrogens is 354 g/mol. The average molecular weight is 364 g/mol. The predicted octanol–water partition coefficient (Wildman–Crippen LogP) is 3.60. The second-order valence-corrected chi connectivity index (χ2v) is 6.48. The first-order valence-electron chi connectivity index (χ1n) is 6.48. The number of carbonyl (C=O) groups excluding carboxylic acids is 2. The largest absolute Gasteiger partial charge is 0.289 e. The number of aromatic nitrogens is 1. The van der Waals surface area contributed by atoms with Gasteiger partial charge in [-0.2, -0.15) is 11.3 Å². The number of hydrogen-bond acceptors (Lipinski definition) is 5. The molecule has 116 valence electrons. The van der Waals surface area contributed by atoms with Gasteiger partial charge in [-0.1, -0.05) is 23.7 Å². The number of nitrogens with zero attached hydrogens (tertiary/aromatic N) is 1. The van der Waals surface area contributed by atoms with E-state index in [0.29, 0.717) is 5.02 Å². The van der Waals surface area contributed by atoms with Crippen molar-refractivity contribution in [2.45, 2.75) is 0 Å². The summed E-state index contributed by atoms with van der Waals surface area (Å²) in [6.45, 7) is 0. The van der Waals surface area contributed by atoms with Gasteiger partial charge in [-0.05, 0) is 23.6 Å². The van der Waals surface area contributed by atoms with Crippen molar-refractivity contribution in [3.05, 3.63) is 62.8 Å². The van der Waals surface area contributed by atoms with Crippen LogP contribution < -0.4 is 10.9 Å². The summed E-state index contributed by atoms with van der Waals surface area (Å²) in [5.74, 6) is -0.972. The van der Waals surface area contributed by atoms with Crippen molar-refractivity contribution in [1.29, 1.82) is 0 Å². The number of hydrazine groups is 1. The van der Waals surface area contributed by atoms with Gasteiger partial charge in [-0.3, -0.25) is 20.4 Å². The molecular formula is C15H10ClN3O2S2. The van der Waals surface area contributed by atoms with Crippen molar-refractivity contribution in [2.75, 3.05) is 0 Å². The number of thiophene rings is 1. The number of amides is 2. The van der Waals surface area contributed by atoms with Crippen molar-refractivity contribution in [2.24, 2.45) is 0 Å². The van der Waals surface area contributed by atoms with Crippen molar-refractivity contribution < 1.29 is 9.59 Å². The van der Waals surface area contributed by atoms with Crippen LogP contribution >= 0.6 is 34.3 Å². The smallest absolute Gasteiger partial charge is 0.267 e. The molecule has 0 aliphatic rings. The van der Waals surface area contributed by atoms with Gasteiger partial charge in [0.2, 0.25) is 0 Å². The van der Waals surface area contributed by atoms with E-state index in [9.17, 15) is 9.59 Å². The highest BCUT2D eigenvalue weighted by atomic mass is 35.5. The van der Waals surface area contributed by atoms with E-state index in [0.717, 1.165) is 10.6 Å². The van der Waals surface area contributed by atoms with Crippen LogP contribution in [-0.2, 0) is 0 Å². The molecule has 0 radical (unpaired) electrons. The summed E-state index contributed by atoms with van der Waals surface area (Å²) in [5.41, 5.74) is 6.16. The highest BCUT2D eigenvalue weighted by molar-refractivity contribution is 7.14. The lowest BCUT2D eigenvalue weighted by Gasteiger charge is -2.07. The molecule has 0 fully saturated rings. The molecule has 2 aromatic heterocycles. The van der Waals surface area contributed by atoms with Gasteiger partial charge in [0.05, 0.1) is 10.6 Å². The number of rotatable bonds is 3. The highest BCUT2D eigenvalue weighted by Gasteiger charge is 2.14. The second kappa shape index (κ2) is 6.91. The zero-order valence-electron chi connectivity index (χ0n) is 11.6. The summed E-state index contributed by atoms with van der Waals surface area (Å²) in [6.07, 6.45) is 0. The molecule has 0 aliphatic carbocycles. The Morgan fingerprint density at radius 1 is 1.04 bits per heavy atom. The van der Waals surface area contributed by atoms with E-state index in [1.54, 1.807) is 41.0 Å². The van der Waals surface area contributed by atoms with Gasteiger partial charge in [0, 0.05) is 16.3 Å². The average Bonchev–Trinajstić information content (AvgIpc) is 3.23. The fourth-order valence-corrected chi connectivity index (χ4v) is 3.52. The minimum atomic E-state index is -0.489. The molecule has 0 aliphatic heterocycles. The van der Waals surface area contributed by atoms with Gasteiger partial charge in [0.25, 0.3) is 11.8 Å². The Bertz CT molecular complexity index is 846. The van der Waals surface area contributed by atoms with Crippen LogP contribution in [0.5, 0.6) is 0 Å². The van der Waals surface area contributed by atoms with E-state index in [-0.39, 0.29) is 11.3 Å². The maximum atomic E-state index is 12.0. The van der Waals surface area contributed by atoms with Gasteiger partial charge in [0.1, 0.15) is 10.7 Å². The van der Waals surface area contributed by atoms with E-state index in [4.69, 9.17) is 11.6 Å². The Morgan fingerprint density at radius 3 is 2.57 bits per heavy atom. The molecule has 0 unspecified atom stereocenters. The normalized spacial score (nSPS) is 10.3. The van der Waals surface area contributed by atoms with Crippen LogP contribution in [0.4, 0.5) is 0 Å². The first-order chi connectivity index (χ1) is 11.1. The number of thiazole rings is 1. The number of halogens is 1. The van der Waals surface area contributed by atoms with Crippen LogP contribution in [0.1, 0.15) is 20.8 Å². The summed E-state index contributed by atoms with van der Waals surface area (Å²) in [7, 11) is 0. The highest BCUT2D eigenvalue weighted by Crippen LogP contribution is 2.25. The zero-order chi connectivity index (χ0) is 16.2. The number of carbonyl (C=O) groups is 2. The molecule has 2 amide bonds. The van der Waals surface area contributed by atoms with E-state index in [1.165, 1.54) is 11.3 Å². The lowest BCUT2D eigenvalue weighted by atomic mass is 10.2. The summed E-state index contributed by atoms with van der Waals surface area (Å²) >= 11 is 8.86. The van der Waals surface area contributed by atoms with E-state index >= 15 is 0 Å². The summed E-state index contributed by atoms with van der Waals surface area (Å²) < 4.78 is 0. The van der Waals surface area contributed by atoms with Gasteiger partial charge < -0.3 is 0 Å². The van der Waals surface area contributed by atoms with E-state index < -0.39 is 11.8 Å². The molecule has 23 heavy (non-hydrogen) atoms. The lowest BCUT2D eigenvalue weighted by Crippen LogP contribution is -2.41.